The molecule has 0 unspecified atom stereocenters. The Bertz CT molecular complexity index is 1150. The van der Waals surface area contributed by atoms with Crippen LogP contribution in [0, 0.1) is 22.6 Å². The lowest BCUT2D eigenvalue weighted by molar-refractivity contribution is -0.143. The number of anilines is 1. The van der Waals surface area contributed by atoms with Gasteiger partial charge in [-0.1, -0.05) is 57.4 Å². The smallest absolute Gasteiger partial charge is 0.247 e. The van der Waals surface area contributed by atoms with E-state index < -0.39 is 5.54 Å². The number of carbonyl (C=O) groups is 3. The van der Waals surface area contributed by atoms with E-state index in [1.807, 2.05) is 32.9 Å². The Balaban J connectivity index is 1.54. The lowest BCUT2D eigenvalue weighted by atomic mass is 9.81. The minimum Gasteiger partial charge on any atom is -0.300 e. The number of benzene rings is 1. The summed E-state index contributed by atoms with van der Waals surface area (Å²) in [7, 11) is 3.16. The second-order valence-electron chi connectivity index (χ2n) is 9.23. The molecule has 1 saturated carbocycles. The molecule has 1 saturated heterocycles. The van der Waals surface area contributed by atoms with Crippen LogP contribution in [0.4, 0.5) is 5.69 Å². The minimum absolute atomic E-state index is 0.172. The first-order valence-corrected chi connectivity index (χ1v) is 13.2. The van der Waals surface area contributed by atoms with Crippen molar-refractivity contribution in [3.05, 3.63) is 32.5 Å². The van der Waals surface area contributed by atoms with Crippen LogP contribution in [-0.4, -0.2) is 29.2 Å². The number of carbonyl (C=O) groups excluding carboxylic acids is 3. The summed E-state index contributed by atoms with van der Waals surface area (Å²) >= 11 is 5.63. The highest BCUT2D eigenvalue weighted by Crippen LogP contribution is 2.52. The molecule has 0 radical (unpaired) electrons. The predicted octanol–water partition coefficient (Wildman–Crippen LogP) is 5.27. The van der Waals surface area contributed by atoms with Crippen LogP contribution in [0.1, 0.15) is 50.0 Å². The van der Waals surface area contributed by atoms with E-state index in [4.69, 9.17) is 12.2 Å². The van der Waals surface area contributed by atoms with Gasteiger partial charge in [0.25, 0.3) is 0 Å². The van der Waals surface area contributed by atoms with Crippen molar-refractivity contribution in [2.45, 2.75) is 52.0 Å². The lowest BCUT2D eigenvalue weighted by Crippen LogP contribution is -2.52. The van der Waals surface area contributed by atoms with Crippen molar-refractivity contribution in [3.8, 4) is 11.1 Å². The number of aryl methyl sites for hydroxylation is 1. The molecule has 31 heavy (non-hydrogen) atoms. The summed E-state index contributed by atoms with van der Waals surface area (Å²) in [6, 6.07) is 6.01. The quantitative estimate of drug-likeness (QED) is 0.339. The van der Waals surface area contributed by atoms with Gasteiger partial charge in [-0.3, -0.25) is 24.2 Å². The molecule has 1 aliphatic carbocycles. The Labute approximate surface area is 194 Å². The van der Waals surface area contributed by atoms with Gasteiger partial charge in [-0.2, -0.15) is 0 Å². The fourth-order valence-electron chi connectivity index (χ4n) is 5.38. The van der Waals surface area contributed by atoms with Gasteiger partial charge in [-0.25, -0.2) is 0 Å². The van der Waals surface area contributed by atoms with Gasteiger partial charge in [0.05, 0.1) is 27.9 Å². The molecule has 2 aromatic rings. The maximum absolute atomic E-state index is 13.7. The zero-order valence-electron chi connectivity index (χ0n) is 17.8. The first kappa shape index (κ1) is 21.0. The van der Waals surface area contributed by atoms with E-state index in [0.29, 0.717) is 0 Å². The number of fused-ring (bicyclic) bond motifs is 4. The van der Waals surface area contributed by atoms with E-state index in [9.17, 15) is 14.4 Å². The van der Waals surface area contributed by atoms with Gasteiger partial charge in [0.15, 0.2) is 0 Å². The van der Waals surface area contributed by atoms with Gasteiger partial charge in [0.1, 0.15) is 10.4 Å². The van der Waals surface area contributed by atoms with Crippen LogP contribution in [0.25, 0.3) is 11.1 Å². The summed E-state index contributed by atoms with van der Waals surface area (Å²) in [6.07, 6.45) is 3.44. The third-order valence-electron chi connectivity index (χ3n) is 6.88. The maximum Gasteiger partial charge on any atom is 0.247 e. The fourth-order valence-corrected chi connectivity index (χ4v) is 8.66. The van der Waals surface area contributed by atoms with Gasteiger partial charge in [0.2, 0.25) is 17.7 Å². The topological polar surface area (TPSA) is 57.7 Å². The number of nitrogens with zero attached hydrogens (tertiary/aromatic N) is 2. The summed E-state index contributed by atoms with van der Waals surface area (Å²) in [6.45, 7) is 5.84. The standard InChI is InChI=1S/C23H24N2O3S3/c1-12-8-9-16-15(10-12)18-19(30-31-22(18)29)23(2,3)25(16)17(26)11-24-20(27)13-6-4-5-7-14(13)21(24)28/h8-10,13-14H,4-7,11H2,1-3H3/t13-,14-/m0/s1. The van der Waals surface area contributed by atoms with E-state index in [-0.39, 0.29) is 36.1 Å². The number of hydrogen-bond acceptors (Lipinski definition) is 6. The number of imide groups is 1. The van der Waals surface area contributed by atoms with Crippen LogP contribution in [-0.2, 0) is 19.9 Å². The van der Waals surface area contributed by atoms with Crippen LogP contribution < -0.4 is 4.90 Å². The molecule has 8 heteroatoms. The Hall–Kier alpha value is -1.90. The first-order chi connectivity index (χ1) is 14.7. The monoisotopic (exact) mass is 472 g/mol. The van der Waals surface area contributed by atoms with Crippen LogP contribution in [0.5, 0.6) is 0 Å². The SMILES string of the molecule is Cc1ccc2c(c1)-c1c(ssc1=S)C(C)(C)N2C(=O)CN1C(=O)[C@H]2CCCC[C@@H]2C1=O. The van der Waals surface area contributed by atoms with Crippen molar-refractivity contribution in [2.75, 3.05) is 11.4 Å². The van der Waals surface area contributed by atoms with Crippen molar-refractivity contribution in [1.82, 2.24) is 4.90 Å². The van der Waals surface area contributed by atoms with Gasteiger partial charge >= 0.3 is 0 Å². The summed E-state index contributed by atoms with van der Waals surface area (Å²) in [5.74, 6) is -1.06. The Morgan fingerprint density at radius 1 is 1.13 bits per heavy atom. The molecule has 5 rings (SSSR count). The molecule has 0 N–H and O–H groups in total. The van der Waals surface area contributed by atoms with E-state index in [2.05, 4.69) is 6.07 Å². The number of likely N-dealkylation sites (tertiary alicyclic amines) is 1. The van der Waals surface area contributed by atoms with E-state index in [1.54, 1.807) is 25.6 Å². The van der Waals surface area contributed by atoms with Crippen molar-refractivity contribution < 1.29 is 14.4 Å². The summed E-state index contributed by atoms with van der Waals surface area (Å²) in [5, 5.41) is 0. The van der Waals surface area contributed by atoms with Gasteiger partial charge in [-0.15, -0.1) is 0 Å². The molecule has 2 aliphatic heterocycles. The molecule has 0 bridgehead atoms. The number of hydrogen-bond donors (Lipinski definition) is 0. The maximum atomic E-state index is 13.7. The fraction of sp³-hybridized carbons (Fsp3) is 0.478. The molecule has 5 nitrogen and oxygen atoms in total. The zero-order chi connectivity index (χ0) is 22.1. The van der Waals surface area contributed by atoms with Crippen LogP contribution in [0.3, 0.4) is 0 Å². The Kier molecular flexibility index (Phi) is 4.95. The molecule has 3 amide bonds. The first-order valence-electron chi connectivity index (χ1n) is 10.6. The lowest BCUT2D eigenvalue weighted by Gasteiger charge is -2.43. The predicted molar refractivity (Wildman–Crippen MR) is 126 cm³/mol. The molecule has 1 aromatic carbocycles. The number of rotatable bonds is 2. The summed E-state index contributed by atoms with van der Waals surface area (Å²) < 4.78 is 0.834. The Morgan fingerprint density at radius 3 is 2.42 bits per heavy atom. The second kappa shape index (κ2) is 7.32. The minimum atomic E-state index is -0.620. The molecule has 1 aromatic heterocycles. The van der Waals surface area contributed by atoms with E-state index >= 15 is 0 Å². The molecular formula is C23H24N2O3S3. The zero-order valence-corrected chi connectivity index (χ0v) is 20.2. The normalized spacial score (nSPS) is 24.1. The third kappa shape index (κ3) is 3.06. The van der Waals surface area contributed by atoms with Gasteiger partial charge in [-0.05, 0) is 45.7 Å². The Morgan fingerprint density at radius 2 is 1.77 bits per heavy atom. The highest BCUT2D eigenvalue weighted by atomic mass is 32.9. The van der Waals surface area contributed by atoms with Crippen molar-refractivity contribution >= 4 is 56.3 Å². The largest absolute Gasteiger partial charge is 0.300 e. The summed E-state index contributed by atoms with van der Waals surface area (Å²) in [4.78, 5) is 43.6. The third-order valence-corrected chi connectivity index (χ3v) is 10.2. The van der Waals surface area contributed by atoms with E-state index in [1.165, 1.54) is 4.90 Å². The van der Waals surface area contributed by atoms with E-state index in [0.717, 1.165) is 56.8 Å². The van der Waals surface area contributed by atoms with Gasteiger partial charge in [0, 0.05) is 11.1 Å². The average Bonchev–Trinajstić information content (AvgIpc) is 3.23. The van der Waals surface area contributed by atoms with Gasteiger partial charge < -0.3 is 0 Å². The highest BCUT2D eigenvalue weighted by molar-refractivity contribution is 7.80. The summed E-state index contributed by atoms with van der Waals surface area (Å²) in [5.41, 5.74) is 3.26. The molecule has 162 valence electrons. The van der Waals surface area contributed by atoms with Crippen molar-refractivity contribution in [3.63, 3.8) is 0 Å². The van der Waals surface area contributed by atoms with Crippen molar-refractivity contribution in [1.29, 1.82) is 0 Å². The molecule has 2 atom stereocenters. The average molecular weight is 473 g/mol. The highest BCUT2D eigenvalue weighted by Gasteiger charge is 2.50. The molecule has 3 heterocycles. The van der Waals surface area contributed by atoms with Crippen LogP contribution in [0.2, 0.25) is 0 Å². The molecule has 2 fully saturated rings. The number of amides is 3. The molecule has 3 aliphatic rings. The van der Waals surface area contributed by atoms with Crippen molar-refractivity contribution in [2.24, 2.45) is 11.8 Å². The molecular weight excluding hydrogens is 448 g/mol. The second-order valence-corrected chi connectivity index (χ2v) is 12.0. The van der Waals surface area contributed by atoms with Crippen LogP contribution >= 0.6 is 32.9 Å². The molecule has 0 spiro atoms. The van der Waals surface area contributed by atoms with Crippen LogP contribution in [0.15, 0.2) is 18.2 Å².